The summed E-state index contributed by atoms with van der Waals surface area (Å²) in [4.78, 5) is 11.9. The average Bonchev–Trinajstić information content (AvgIpc) is 3.13. The van der Waals surface area contributed by atoms with Crippen molar-refractivity contribution in [2.24, 2.45) is 5.92 Å². The van der Waals surface area contributed by atoms with Crippen LogP contribution >= 0.6 is 11.3 Å². The van der Waals surface area contributed by atoms with Crippen molar-refractivity contribution in [1.82, 2.24) is 19.4 Å². The van der Waals surface area contributed by atoms with E-state index in [4.69, 9.17) is 4.98 Å². The van der Waals surface area contributed by atoms with Crippen molar-refractivity contribution >= 4 is 22.5 Å². The number of hydrogen-bond acceptors (Lipinski definition) is 4. The fraction of sp³-hybridized carbons (Fsp3) is 0.412. The van der Waals surface area contributed by atoms with Crippen LogP contribution in [0, 0.1) is 5.92 Å². The third kappa shape index (κ3) is 2.55. The fourth-order valence-corrected chi connectivity index (χ4v) is 4.17. The Hall–Kier alpha value is -1.72. The molecule has 1 aliphatic heterocycles. The topological polar surface area (TPSA) is 34.0 Å². The summed E-state index contributed by atoms with van der Waals surface area (Å²) < 4.78 is 2.24. The van der Waals surface area contributed by atoms with Gasteiger partial charge in [0.25, 0.3) is 0 Å². The smallest absolute Gasteiger partial charge is 0.165 e. The summed E-state index contributed by atoms with van der Waals surface area (Å²) in [5, 5.41) is 3.32. The first kappa shape index (κ1) is 13.9. The molecule has 4 nitrogen and oxygen atoms in total. The number of aromatic nitrogens is 3. The van der Waals surface area contributed by atoms with E-state index in [1.165, 1.54) is 30.9 Å². The van der Waals surface area contributed by atoms with Gasteiger partial charge < -0.3 is 4.90 Å². The van der Waals surface area contributed by atoms with E-state index < -0.39 is 0 Å². The van der Waals surface area contributed by atoms with Crippen LogP contribution in [0.5, 0.6) is 0 Å². The molecule has 3 aromatic heterocycles. The molecule has 0 spiro atoms. The molecule has 1 saturated heterocycles. The molecule has 0 N–H and O–H groups in total. The molecule has 4 heterocycles. The second-order valence-corrected chi connectivity index (χ2v) is 7.06. The van der Waals surface area contributed by atoms with Crippen molar-refractivity contribution < 1.29 is 0 Å². The molecule has 22 heavy (non-hydrogen) atoms. The minimum Gasteiger partial charge on any atom is -0.306 e. The zero-order valence-electron chi connectivity index (χ0n) is 12.8. The molecule has 0 aromatic carbocycles. The Morgan fingerprint density at radius 3 is 3.09 bits per heavy atom. The summed E-state index contributed by atoms with van der Waals surface area (Å²) in [6.07, 6.45) is 5.47. The maximum atomic E-state index is 4.88. The van der Waals surface area contributed by atoms with Gasteiger partial charge in [-0.25, -0.2) is 9.97 Å². The van der Waals surface area contributed by atoms with Crippen LogP contribution in [-0.4, -0.2) is 39.6 Å². The van der Waals surface area contributed by atoms with Crippen LogP contribution in [0.3, 0.4) is 0 Å². The minimum absolute atomic E-state index is 0.689. The maximum absolute atomic E-state index is 4.88. The lowest BCUT2D eigenvalue weighted by Crippen LogP contribution is -2.33. The van der Waals surface area contributed by atoms with Crippen molar-refractivity contribution in [3.05, 3.63) is 41.7 Å². The lowest BCUT2D eigenvalue weighted by Gasteiger charge is -2.29. The van der Waals surface area contributed by atoms with Crippen LogP contribution in [0.1, 0.15) is 18.7 Å². The number of pyridine rings is 1. The first-order valence-electron chi connectivity index (χ1n) is 7.86. The van der Waals surface area contributed by atoms with Gasteiger partial charge in [0.15, 0.2) is 5.65 Å². The van der Waals surface area contributed by atoms with Gasteiger partial charge in [0.1, 0.15) is 16.3 Å². The van der Waals surface area contributed by atoms with E-state index in [2.05, 4.69) is 45.1 Å². The van der Waals surface area contributed by atoms with Crippen LogP contribution in [0.15, 0.2) is 35.8 Å². The van der Waals surface area contributed by atoms with Crippen molar-refractivity contribution in [2.45, 2.75) is 19.3 Å². The van der Waals surface area contributed by atoms with E-state index in [0.717, 1.165) is 23.4 Å². The van der Waals surface area contributed by atoms with Crippen LogP contribution in [0.2, 0.25) is 0 Å². The Morgan fingerprint density at radius 1 is 1.32 bits per heavy atom. The standard InChI is InChI=1S/C17H20N4S/c1-20-9-3-5-13(12-20)11-15-19-14-6-2-8-18-17(14)21(15)16-7-4-10-22-16/h2,4,6-8,10,13H,3,5,9,11-12H2,1H3. The van der Waals surface area contributed by atoms with Gasteiger partial charge >= 0.3 is 0 Å². The normalized spacial score (nSPS) is 19.8. The highest BCUT2D eigenvalue weighted by Gasteiger charge is 2.22. The fourth-order valence-electron chi connectivity index (χ4n) is 3.42. The molecule has 1 unspecified atom stereocenters. The second kappa shape index (κ2) is 5.82. The quantitative estimate of drug-likeness (QED) is 0.743. The van der Waals surface area contributed by atoms with Gasteiger partial charge in [0.2, 0.25) is 0 Å². The van der Waals surface area contributed by atoms with E-state index in [9.17, 15) is 0 Å². The molecule has 1 aliphatic rings. The van der Waals surface area contributed by atoms with Crippen LogP contribution < -0.4 is 0 Å². The first-order chi connectivity index (χ1) is 10.8. The average molecular weight is 312 g/mol. The van der Waals surface area contributed by atoms with Crippen molar-refractivity contribution in [1.29, 1.82) is 0 Å². The number of fused-ring (bicyclic) bond motifs is 1. The molecule has 0 saturated carbocycles. The number of hydrogen-bond donors (Lipinski definition) is 0. The molecule has 5 heteroatoms. The number of rotatable bonds is 3. The molecule has 1 fully saturated rings. The Labute approximate surface area is 134 Å². The van der Waals surface area contributed by atoms with Gasteiger partial charge in [0, 0.05) is 19.2 Å². The number of piperidine rings is 1. The maximum Gasteiger partial charge on any atom is 0.165 e. The third-order valence-corrected chi connectivity index (χ3v) is 5.26. The van der Waals surface area contributed by atoms with Gasteiger partial charge in [-0.1, -0.05) is 0 Å². The Balaban J connectivity index is 1.75. The Morgan fingerprint density at radius 2 is 2.27 bits per heavy atom. The number of likely N-dealkylation sites (tertiary alicyclic amines) is 1. The lowest BCUT2D eigenvalue weighted by atomic mass is 9.95. The second-order valence-electron chi connectivity index (χ2n) is 6.14. The molecular weight excluding hydrogens is 292 g/mol. The predicted octanol–water partition coefficient (Wildman–Crippen LogP) is 3.37. The molecule has 0 bridgehead atoms. The highest BCUT2D eigenvalue weighted by molar-refractivity contribution is 7.12. The van der Waals surface area contributed by atoms with Crippen molar-refractivity contribution in [2.75, 3.05) is 20.1 Å². The van der Waals surface area contributed by atoms with E-state index in [1.54, 1.807) is 11.3 Å². The number of nitrogens with zero attached hydrogens (tertiary/aromatic N) is 4. The van der Waals surface area contributed by atoms with E-state index in [-0.39, 0.29) is 0 Å². The summed E-state index contributed by atoms with van der Waals surface area (Å²) in [6, 6.07) is 8.26. The van der Waals surface area contributed by atoms with Crippen LogP contribution in [0.25, 0.3) is 16.2 Å². The van der Waals surface area contributed by atoms with E-state index in [0.29, 0.717) is 5.92 Å². The van der Waals surface area contributed by atoms with Gasteiger partial charge in [-0.05, 0) is 62.0 Å². The summed E-state index contributed by atoms with van der Waals surface area (Å²) in [5.74, 6) is 1.84. The molecule has 114 valence electrons. The SMILES string of the molecule is CN1CCCC(Cc2nc3cccnc3n2-c2cccs2)C1. The summed E-state index contributed by atoms with van der Waals surface area (Å²) in [6.45, 7) is 2.39. The van der Waals surface area contributed by atoms with E-state index >= 15 is 0 Å². The van der Waals surface area contributed by atoms with Crippen molar-refractivity contribution in [3.63, 3.8) is 0 Å². The summed E-state index contributed by atoms with van der Waals surface area (Å²) >= 11 is 1.74. The number of imidazole rings is 1. The third-order valence-electron chi connectivity index (χ3n) is 4.41. The number of thiophene rings is 1. The minimum atomic E-state index is 0.689. The van der Waals surface area contributed by atoms with Crippen molar-refractivity contribution in [3.8, 4) is 5.00 Å². The zero-order chi connectivity index (χ0) is 14.9. The highest BCUT2D eigenvalue weighted by Crippen LogP contribution is 2.27. The lowest BCUT2D eigenvalue weighted by molar-refractivity contribution is 0.207. The van der Waals surface area contributed by atoms with Crippen LogP contribution in [0.4, 0.5) is 0 Å². The first-order valence-corrected chi connectivity index (χ1v) is 8.74. The van der Waals surface area contributed by atoms with Gasteiger partial charge in [-0.3, -0.25) is 4.57 Å². The summed E-state index contributed by atoms with van der Waals surface area (Å²) in [5.41, 5.74) is 1.97. The molecular formula is C17H20N4S. The van der Waals surface area contributed by atoms with Crippen LogP contribution in [-0.2, 0) is 6.42 Å². The molecule has 0 amide bonds. The monoisotopic (exact) mass is 312 g/mol. The van der Waals surface area contributed by atoms with Gasteiger partial charge in [-0.2, -0.15) is 0 Å². The van der Waals surface area contributed by atoms with Gasteiger partial charge in [0.05, 0.1) is 0 Å². The molecule has 0 radical (unpaired) electrons. The summed E-state index contributed by atoms with van der Waals surface area (Å²) in [7, 11) is 2.22. The molecule has 1 atom stereocenters. The molecule has 0 aliphatic carbocycles. The molecule has 3 aromatic rings. The van der Waals surface area contributed by atoms with Gasteiger partial charge in [-0.15, -0.1) is 11.3 Å². The zero-order valence-corrected chi connectivity index (χ0v) is 13.6. The highest BCUT2D eigenvalue weighted by atomic mass is 32.1. The predicted molar refractivity (Wildman–Crippen MR) is 90.7 cm³/mol. The Kier molecular flexibility index (Phi) is 3.68. The largest absolute Gasteiger partial charge is 0.306 e. The Bertz CT molecular complexity index is 762. The molecule has 4 rings (SSSR count). The van der Waals surface area contributed by atoms with E-state index in [1.807, 2.05) is 12.3 Å².